The summed E-state index contributed by atoms with van der Waals surface area (Å²) in [5.74, 6) is -0.825. The summed E-state index contributed by atoms with van der Waals surface area (Å²) in [6, 6.07) is 3.39. The Bertz CT molecular complexity index is 945. The van der Waals surface area contributed by atoms with E-state index in [-0.39, 0.29) is 29.3 Å². The van der Waals surface area contributed by atoms with Gasteiger partial charge in [0.15, 0.2) is 17.3 Å². The molecule has 1 heterocycles. The van der Waals surface area contributed by atoms with Crippen LogP contribution in [-0.4, -0.2) is 30.6 Å². The van der Waals surface area contributed by atoms with Crippen LogP contribution in [0, 0.1) is 5.41 Å². The predicted octanol–water partition coefficient (Wildman–Crippen LogP) is 4.33. The van der Waals surface area contributed by atoms with Crippen LogP contribution in [0.5, 0.6) is 11.5 Å². The minimum atomic E-state index is -0.598. The molecule has 0 fully saturated rings. The van der Waals surface area contributed by atoms with E-state index < -0.39 is 11.9 Å². The van der Waals surface area contributed by atoms with Gasteiger partial charge in [0.1, 0.15) is 0 Å². The molecular weight excluding hydrogens is 438 g/mol. The molecule has 3 rings (SSSR count). The number of rotatable bonds is 4. The molecule has 1 aliphatic heterocycles. The summed E-state index contributed by atoms with van der Waals surface area (Å²) in [5, 5.41) is 13.5. The summed E-state index contributed by atoms with van der Waals surface area (Å²) < 4.78 is 11.0. The first-order chi connectivity index (χ1) is 13.6. The van der Waals surface area contributed by atoms with E-state index in [1.165, 1.54) is 7.11 Å². The van der Waals surface area contributed by atoms with E-state index in [9.17, 15) is 14.7 Å². The average molecular weight is 464 g/mol. The molecule has 2 N–H and O–H groups in total. The van der Waals surface area contributed by atoms with Crippen molar-refractivity contribution in [2.75, 3.05) is 13.7 Å². The molecular formula is C22H26BrNO5. The van der Waals surface area contributed by atoms with Gasteiger partial charge in [0, 0.05) is 29.3 Å². The highest BCUT2D eigenvalue weighted by atomic mass is 79.9. The lowest BCUT2D eigenvalue weighted by atomic mass is 9.68. The Kier molecular flexibility index (Phi) is 5.81. The zero-order valence-corrected chi connectivity index (χ0v) is 18.9. The highest BCUT2D eigenvalue weighted by Gasteiger charge is 2.43. The molecule has 0 spiro atoms. The first kappa shape index (κ1) is 21.4. The molecule has 29 heavy (non-hydrogen) atoms. The second-order valence-electron chi connectivity index (χ2n) is 8.20. The fourth-order valence-electron chi connectivity index (χ4n) is 4.16. The molecule has 1 atom stereocenters. The number of hydrogen-bond acceptors (Lipinski definition) is 6. The lowest BCUT2D eigenvalue weighted by Gasteiger charge is -2.39. The van der Waals surface area contributed by atoms with Gasteiger partial charge in [0.25, 0.3) is 0 Å². The predicted molar refractivity (Wildman–Crippen MR) is 113 cm³/mol. The van der Waals surface area contributed by atoms with Gasteiger partial charge < -0.3 is 19.9 Å². The van der Waals surface area contributed by atoms with Gasteiger partial charge in [-0.2, -0.15) is 0 Å². The van der Waals surface area contributed by atoms with Crippen molar-refractivity contribution < 1.29 is 24.2 Å². The van der Waals surface area contributed by atoms with Crippen molar-refractivity contribution in [1.82, 2.24) is 5.32 Å². The zero-order valence-electron chi connectivity index (χ0n) is 17.3. The van der Waals surface area contributed by atoms with E-state index >= 15 is 0 Å². The van der Waals surface area contributed by atoms with Crippen molar-refractivity contribution in [2.24, 2.45) is 5.41 Å². The molecule has 0 radical (unpaired) electrons. The molecule has 0 unspecified atom stereocenters. The number of benzene rings is 1. The van der Waals surface area contributed by atoms with E-state index in [1.54, 1.807) is 19.1 Å². The van der Waals surface area contributed by atoms with Crippen LogP contribution in [-0.2, 0) is 14.3 Å². The minimum Gasteiger partial charge on any atom is -0.503 e. The third kappa shape index (κ3) is 3.92. The molecule has 0 amide bonds. The van der Waals surface area contributed by atoms with Gasteiger partial charge in [-0.05, 0) is 59.3 Å². The van der Waals surface area contributed by atoms with Crippen molar-refractivity contribution in [1.29, 1.82) is 0 Å². The summed E-state index contributed by atoms with van der Waals surface area (Å²) in [6.45, 7) is 7.93. The number of allylic oxidation sites excluding steroid dienone is 3. The summed E-state index contributed by atoms with van der Waals surface area (Å²) in [7, 11) is 1.46. The van der Waals surface area contributed by atoms with Crippen molar-refractivity contribution in [3.63, 3.8) is 0 Å². The summed E-state index contributed by atoms with van der Waals surface area (Å²) in [6.07, 6.45) is 1.10. The van der Waals surface area contributed by atoms with Gasteiger partial charge in [-0.1, -0.05) is 13.8 Å². The number of ether oxygens (including phenoxy) is 2. The molecule has 156 valence electrons. The van der Waals surface area contributed by atoms with Crippen LogP contribution in [0.15, 0.2) is 39.1 Å². The Balaban J connectivity index is 2.25. The molecule has 1 aliphatic carbocycles. The Morgan fingerprint density at radius 3 is 2.66 bits per heavy atom. The standard InChI is InChI=1S/C22H26BrNO5/c1-6-29-21(27)17-11(2)24-14-9-22(3,4)10-15(25)19(14)18(17)12-7-13(23)20(26)16(8-12)28-5/h7-8,18,24,26H,6,9-10H2,1-5H3/t18-/m0/s1. The molecule has 7 heteroatoms. The fourth-order valence-corrected chi connectivity index (χ4v) is 4.62. The van der Waals surface area contributed by atoms with Crippen molar-refractivity contribution in [3.05, 3.63) is 44.7 Å². The van der Waals surface area contributed by atoms with Crippen LogP contribution >= 0.6 is 15.9 Å². The van der Waals surface area contributed by atoms with Crippen molar-refractivity contribution >= 4 is 27.7 Å². The monoisotopic (exact) mass is 463 g/mol. The van der Waals surface area contributed by atoms with Gasteiger partial charge in [-0.15, -0.1) is 0 Å². The number of dihydropyridines is 1. The van der Waals surface area contributed by atoms with E-state index in [0.717, 1.165) is 5.70 Å². The van der Waals surface area contributed by atoms with Crippen LogP contribution in [0.3, 0.4) is 0 Å². The van der Waals surface area contributed by atoms with Crippen LogP contribution in [0.4, 0.5) is 0 Å². The maximum absolute atomic E-state index is 13.2. The Labute approximate surface area is 179 Å². The van der Waals surface area contributed by atoms with Gasteiger partial charge in [-0.3, -0.25) is 4.79 Å². The van der Waals surface area contributed by atoms with Crippen molar-refractivity contribution in [3.8, 4) is 11.5 Å². The number of methoxy groups -OCH3 is 1. The van der Waals surface area contributed by atoms with Crippen LogP contribution in [0.2, 0.25) is 0 Å². The smallest absolute Gasteiger partial charge is 0.336 e. The molecule has 6 nitrogen and oxygen atoms in total. The zero-order chi connectivity index (χ0) is 21.5. The number of aromatic hydroxyl groups is 1. The lowest BCUT2D eigenvalue weighted by molar-refractivity contribution is -0.138. The molecule has 2 aliphatic rings. The molecule has 0 saturated carbocycles. The first-order valence-corrected chi connectivity index (χ1v) is 10.4. The average Bonchev–Trinajstić information content (AvgIpc) is 2.61. The third-order valence-electron chi connectivity index (χ3n) is 5.34. The van der Waals surface area contributed by atoms with Crippen molar-refractivity contribution in [2.45, 2.75) is 46.5 Å². The molecule has 0 saturated heterocycles. The Morgan fingerprint density at radius 2 is 2.03 bits per heavy atom. The Morgan fingerprint density at radius 1 is 1.34 bits per heavy atom. The minimum absolute atomic E-state index is 0.00575. The van der Waals surface area contributed by atoms with Crippen LogP contribution < -0.4 is 10.1 Å². The van der Waals surface area contributed by atoms with Gasteiger partial charge >= 0.3 is 5.97 Å². The number of halogens is 1. The molecule has 1 aromatic rings. The number of Topliss-reactive ketones (excluding diaryl/α,β-unsaturated/α-hetero) is 1. The number of ketones is 1. The van der Waals surface area contributed by atoms with E-state index in [0.29, 0.717) is 39.7 Å². The molecule has 1 aromatic carbocycles. The maximum Gasteiger partial charge on any atom is 0.336 e. The van der Waals surface area contributed by atoms with Crippen LogP contribution in [0.25, 0.3) is 0 Å². The number of nitrogens with one attached hydrogen (secondary N) is 1. The van der Waals surface area contributed by atoms with E-state index in [2.05, 4.69) is 35.1 Å². The second kappa shape index (κ2) is 7.86. The maximum atomic E-state index is 13.2. The first-order valence-electron chi connectivity index (χ1n) is 9.57. The topological polar surface area (TPSA) is 84.9 Å². The molecule has 0 aromatic heterocycles. The second-order valence-corrected chi connectivity index (χ2v) is 9.06. The summed E-state index contributed by atoms with van der Waals surface area (Å²) in [5.41, 5.74) is 3.00. The van der Waals surface area contributed by atoms with E-state index in [4.69, 9.17) is 9.47 Å². The lowest BCUT2D eigenvalue weighted by Crippen LogP contribution is -2.38. The number of carbonyl (C=O) groups is 2. The molecule has 0 bridgehead atoms. The Hall–Kier alpha value is -2.28. The number of phenolic OH excluding ortho intramolecular Hbond substituents is 1. The normalized spacial score (nSPS) is 20.9. The number of carbonyl (C=O) groups excluding carboxylic acids is 2. The van der Waals surface area contributed by atoms with Gasteiger partial charge in [0.2, 0.25) is 0 Å². The number of hydrogen-bond donors (Lipinski definition) is 2. The van der Waals surface area contributed by atoms with Gasteiger partial charge in [0.05, 0.1) is 23.8 Å². The number of phenols is 1. The summed E-state index contributed by atoms with van der Waals surface area (Å²) >= 11 is 3.35. The largest absolute Gasteiger partial charge is 0.503 e. The quantitative estimate of drug-likeness (QED) is 0.646. The van der Waals surface area contributed by atoms with Gasteiger partial charge in [-0.25, -0.2) is 4.79 Å². The third-order valence-corrected chi connectivity index (χ3v) is 5.94. The van der Waals surface area contributed by atoms with E-state index in [1.807, 2.05) is 6.92 Å². The highest BCUT2D eigenvalue weighted by Crippen LogP contribution is 2.48. The fraction of sp³-hybridized carbons (Fsp3) is 0.455. The highest BCUT2D eigenvalue weighted by molar-refractivity contribution is 9.10. The SMILES string of the molecule is CCOC(=O)C1=C(C)NC2=C(C(=O)CC(C)(C)C2)[C@H]1c1cc(Br)c(O)c(OC)c1. The van der Waals surface area contributed by atoms with Crippen LogP contribution in [0.1, 0.15) is 52.0 Å². The number of esters is 1. The summed E-state index contributed by atoms with van der Waals surface area (Å²) in [4.78, 5) is 26.1.